The number of halogens is 2. The van der Waals surface area contributed by atoms with Crippen molar-refractivity contribution in [2.24, 2.45) is 0 Å². The van der Waals surface area contributed by atoms with Gasteiger partial charge in [0.15, 0.2) is 5.58 Å². The van der Waals surface area contributed by atoms with Crippen molar-refractivity contribution in [1.82, 2.24) is 20.4 Å². The van der Waals surface area contributed by atoms with Gasteiger partial charge in [0.2, 0.25) is 0 Å². The Morgan fingerprint density at radius 2 is 2.00 bits per heavy atom. The molecule has 0 unspecified atom stereocenters. The Kier molecular flexibility index (Phi) is 4.93. The second kappa shape index (κ2) is 7.53. The van der Waals surface area contributed by atoms with Gasteiger partial charge in [0.25, 0.3) is 0 Å². The summed E-state index contributed by atoms with van der Waals surface area (Å²) in [5, 5.41) is 7.82. The first kappa shape index (κ1) is 18.3. The molecule has 146 valence electrons. The first-order valence-electron chi connectivity index (χ1n) is 9.22. The third kappa shape index (κ3) is 3.67. The largest absolute Gasteiger partial charge is 0.356 e. The number of pyridine rings is 1. The minimum Gasteiger partial charge on any atom is -0.356 e. The van der Waals surface area contributed by atoms with Crippen LogP contribution in [0.5, 0.6) is 0 Å². The van der Waals surface area contributed by atoms with Crippen molar-refractivity contribution in [2.75, 3.05) is 13.1 Å². The quantitative estimate of drug-likeness (QED) is 0.734. The molecule has 1 fully saturated rings. The van der Waals surface area contributed by atoms with E-state index in [1.54, 1.807) is 24.1 Å². The molecule has 28 heavy (non-hydrogen) atoms. The summed E-state index contributed by atoms with van der Waals surface area (Å²) in [7, 11) is 0. The number of hydrogen-bond donors (Lipinski definition) is 1. The van der Waals surface area contributed by atoms with E-state index in [0.717, 1.165) is 30.1 Å². The summed E-state index contributed by atoms with van der Waals surface area (Å²) in [6.45, 7) is 2.93. The molecule has 1 aliphatic rings. The van der Waals surface area contributed by atoms with Gasteiger partial charge in [-0.1, -0.05) is 5.16 Å². The molecule has 0 spiro atoms. The molecule has 3 heterocycles. The maximum absolute atomic E-state index is 13.3. The van der Waals surface area contributed by atoms with Gasteiger partial charge >= 0.3 is 6.03 Å². The summed E-state index contributed by atoms with van der Waals surface area (Å²) in [5.74, 6) is -0.635. The fourth-order valence-electron chi connectivity index (χ4n) is 3.61. The molecule has 1 aliphatic heterocycles. The minimum atomic E-state index is -0.431. The maximum Gasteiger partial charge on any atom is 0.317 e. The summed E-state index contributed by atoms with van der Waals surface area (Å²) in [4.78, 5) is 18.1. The van der Waals surface area contributed by atoms with E-state index in [2.05, 4.69) is 15.5 Å². The number of fused-ring (bicyclic) bond motifs is 1. The van der Waals surface area contributed by atoms with Gasteiger partial charge in [-0.2, -0.15) is 0 Å². The average Bonchev–Trinajstić information content (AvgIpc) is 3.11. The van der Waals surface area contributed by atoms with E-state index in [-0.39, 0.29) is 23.8 Å². The monoisotopic (exact) mass is 386 g/mol. The molecule has 0 bridgehead atoms. The Labute approximate surface area is 160 Å². The van der Waals surface area contributed by atoms with Crippen LogP contribution in [0.3, 0.4) is 0 Å². The number of likely N-dealkylation sites (tertiary alicyclic amines) is 1. The number of nitrogens with zero attached hydrogens (tertiary/aromatic N) is 3. The predicted octanol–water partition coefficient (Wildman–Crippen LogP) is 4.15. The van der Waals surface area contributed by atoms with Gasteiger partial charge < -0.3 is 14.7 Å². The number of carbonyl (C=O) groups excluding carboxylic acids is 1. The molecule has 8 heteroatoms. The topological polar surface area (TPSA) is 71.3 Å². The highest BCUT2D eigenvalue weighted by Gasteiger charge is 2.28. The zero-order chi connectivity index (χ0) is 19.7. The third-order valence-corrected chi connectivity index (χ3v) is 5.20. The highest BCUT2D eigenvalue weighted by molar-refractivity contribution is 5.80. The molecule has 4 rings (SSSR count). The lowest BCUT2D eigenvalue weighted by Gasteiger charge is -2.32. The lowest BCUT2D eigenvalue weighted by molar-refractivity contribution is 0.177. The standard InChI is InChI=1S/C20H20F2N4O2/c1-12(14-8-16(22)11-23-10-14)24-20(27)26-6-4-13(5-7-26)19-17-3-2-15(21)9-18(17)28-25-19/h2-3,8-13H,4-7H2,1H3,(H,24,27)/t12-/m0/s1. The molecule has 6 nitrogen and oxygen atoms in total. The molecule has 1 aromatic carbocycles. The molecular weight excluding hydrogens is 366 g/mol. The van der Waals surface area contributed by atoms with Crippen LogP contribution in [0.1, 0.15) is 43.0 Å². The van der Waals surface area contributed by atoms with E-state index < -0.39 is 5.82 Å². The number of aromatic nitrogens is 2. The molecule has 0 saturated carbocycles. The zero-order valence-electron chi connectivity index (χ0n) is 15.4. The maximum atomic E-state index is 13.3. The van der Waals surface area contributed by atoms with Crippen LogP contribution in [0, 0.1) is 11.6 Å². The van der Waals surface area contributed by atoms with Crippen molar-refractivity contribution in [3.05, 3.63) is 59.6 Å². The number of urea groups is 1. The Balaban J connectivity index is 1.37. The number of nitrogens with one attached hydrogen (secondary N) is 1. The van der Waals surface area contributed by atoms with Crippen molar-refractivity contribution in [3.63, 3.8) is 0 Å². The summed E-state index contributed by atoms with van der Waals surface area (Å²) in [6.07, 6.45) is 4.15. The second-order valence-electron chi connectivity index (χ2n) is 7.08. The number of hydrogen-bond acceptors (Lipinski definition) is 4. The second-order valence-corrected chi connectivity index (χ2v) is 7.08. The fourth-order valence-corrected chi connectivity index (χ4v) is 3.61. The average molecular weight is 386 g/mol. The van der Waals surface area contributed by atoms with Gasteiger partial charge in [-0.05, 0) is 43.5 Å². The van der Waals surface area contributed by atoms with Gasteiger partial charge in [-0.15, -0.1) is 0 Å². The molecule has 2 amide bonds. The third-order valence-electron chi connectivity index (χ3n) is 5.20. The van der Waals surface area contributed by atoms with Crippen LogP contribution in [0.25, 0.3) is 11.0 Å². The van der Waals surface area contributed by atoms with Gasteiger partial charge in [0.05, 0.1) is 17.9 Å². The Bertz CT molecular complexity index is 999. The lowest BCUT2D eigenvalue weighted by atomic mass is 9.92. The predicted molar refractivity (Wildman–Crippen MR) is 98.7 cm³/mol. The molecule has 0 radical (unpaired) electrons. The summed E-state index contributed by atoms with van der Waals surface area (Å²) in [5.41, 5.74) is 1.87. The van der Waals surface area contributed by atoms with Crippen molar-refractivity contribution in [2.45, 2.75) is 31.7 Å². The smallest absolute Gasteiger partial charge is 0.317 e. The number of amides is 2. The van der Waals surface area contributed by atoms with Crippen LogP contribution in [0.4, 0.5) is 13.6 Å². The van der Waals surface area contributed by atoms with E-state index in [9.17, 15) is 13.6 Å². The normalized spacial score (nSPS) is 16.3. The van der Waals surface area contributed by atoms with Gasteiger partial charge in [-0.3, -0.25) is 4.98 Å². The molecular formula is C20H20F2N4O2. The Morgan fingerprint density at radius 3 is 2.75 bits per heavy atom. The van der Waals surface area contributed by atoms with Crippen LogP contribution in [0.15, 0.2) is 41.2 Å². The summed E-state index contributed by atoms with van der Waals surface area (Å²) >= 11 is 0. The summed E-state index contributed by atoms with van der Waals surface area (Å²) < 4.78 is 31.9. The summed E-state index contributed by atoms with van der Waals surface area (Å²) in [6, 6.07) is 5.24. The van der Waals surface area contributed by atoms with Gasteiger partial charge in [0, 0.05) is 36.7 Å². The fraction of sp³-hybridized carbons (Fsp3) is 0.350. The highest BCUT2D eigenvalue weighted by Crippen LogP contribution is 2.32. The van der Waals surface area contributed by atoms with E-state index in [0.29, 0.717) is 24.2 Å². The first-order chi connectivity index (χ1) is 13.5. The first-order valence-corrected chi connectivity index (χ1v) is 9.22. The van der Waals surface area contributed by atoms with E-state index in [4.69, 9.17) is 4.52 Å². The number of carbonyl (C=O) groups is 1. The van der Waals surface area contributed by atoms with Crippen molar-refractivity contribution in [1.29, 1.82) is 0 Å². The highest BCUT2D eigenvalue weighted by atomic mass is 19.1. The van der Waals surface area contributed by atoms with Crippen LogP contribution >= 0.6 is 0 Å². The number of benzene rings is 1. The molecule has 1 saturated heterocycles. The van der Waals surface area contributed by atoms with Crippen LogP contribution in [0.2, 0.25) is 0 Å². The molecule has 3 aromatic rings. The SMILES string of the molecule is C[C@H](NC(=O)N1CCC(c2noc3cc(F)ccc23)CC1)c1cncc(F)c1. The van der Waals surface area contributed by atoms with E-state index in [1.807, 2.05) is 0 Å². The molecule has 1 atom stereocenters. The van der Waals surface area contributed by atoms with E-state index in [1.165, 1.54) is 18.2 Å². The van der Waals surface area contributed by atoms with Crippen molar-refractivity contribution < 1.29 is 18.1 Å². The number of piperidine rings is 1. The zero-order valence-corrected chi connectivity index (χ0v) is 15.4. The van der Waals surface area contributed by atoms with Crippen molar-refractivity contribution >= 4 is 17.0 Å². The Morgan fingerprint density at radius 1 is 1.21 bits per heavy atom. The minimum absolute atomic E-state index is 0.153. The lowest BCUT2D eigenvalue weighted by Crippen LogP contribution is -2.44. The van der Waals surface area contributed by atoms with Crippen LogP contribution < -0.4 is 5.32 Å². The van der Waals surface area contributed by atoms with E-state index >= 15 is 0 Å². The molecule has 1 N–H and O–H groups in total. The van der Waals surface area contributed by atoms with Crippen LogP contribution in [-0.4, -0.2) is 34.2 Å². The van der Waals surface area contributed by atoms with Crippen LogP contribution in [-0.2, 0) is 0 Å². The Hall–Kier alpha value is -3.03. The molecule has 2 aromatic heterocycles. The van der Waals surface area contributed by atoms with Gasteiger partial charge in [0.1, 0.15) is 11.6 Å². The molecule has 0 aliphatic carbocycles. The van der Waals surface area contributed by atoms with Gasteiger partial charge in [-0.25, -0.2) is 13.6 Å². The number of rotatable bonds is 3. The van der Waals surface area contributed by atoms with Crippen molar-refractivity contribution in [3.8, 4) is 0 Å².